The summed E-state index contributed by atoms with van der Waals surface area (Å²) in [4.78, 5) is 15.0. The van der Waals surface area contributed by atoms with Crippen molar-refractivity contribution in [1.82, 2.24) is 9.78 Å². The lowest BCUT2D eigenvalue weighted by Gasteiger charge is -2.33. The van der Waals surface area contributed by atoms with Crippen molar-refractivity contribution in [2.75, 3.05) is 11.4 Å². The van der Waals surface area contributed by atoms with Crippen LogP contribution in [0, 0.1) is 5.92 Å². The molecule has 1 aliphatic carbocycles. The van der Waals surface area contributed by atoms with E-state index in [1.807, 2.05) is 30.3 Å². The number of benzene rings is 1. The first-order valence-electron chi connectivity index (χ1n) is 8.35. The number of aromatic nitrogens is 2. The molecule has 2 atom stereocenters. The van der Waals surface area contributed by atoms with E-state index in [1.165, 1.54) is 36.8 Å². The highest BCUT2D eigenvalue weighted by Crippen LogP contribution is 2.40. The smallest absolute Gasteiger partial charge is 0.292 e. The largest absolute Gasteiger partial charge is 0.366 e. The molecular weight excluding hydrogens is 310 g/mol. The maximum absolute atomic E-state index is 12.6. The van der Waals surface area contributed by atoms with Gasteiger partial charge >= 0.3 is 0 Å². The number of hydrogen-bond donors (Lipinski definition) is 0. The molecule has 2 unspecified atom stereocenters. The normalized spacial score (nSPS) is 23.8. The van der Waals surface area contributed by atoms with Crippen LogP contribution in [0.5, 0.6) is 0 Å². The molecule has 1 aromatic heterocycles. The fourth-order valence-corrected chi connectivity index (χ4v) is 4.32. The van der Waals surface area contributed by atoms with Gasteiger partial charge in [-0.15, -0.1) is 0 Å². The summed E-state index contributed by atoms with van der Waals surface area (Å²) in [5.41, 5.74) is 1.30. The first kappa shape index (κ1) is 14.8. The zero-order valence-electron chi connectivity index (χ0n) is 13.0. The van der Waals surface area contributed by atoms with Gasteiger partial charge in [0.25, 0.3) is 5.56 Å². The molecule has 0 spiro atoms. The lowest BCUT2D eigenvalue weighted by molar-refractivity contribution is 0.342. The average Bonchev–Trinajstić information content (AvgIpc) is 3.02. The number of hydrogen-bond acceptors (Lipinski definition) is 3. The Bertz CT molecular complexity index is 759. The van der Waals surface area contributed by atoms with Gasteiger partial charge in [-0.2, -0.15) is 9.78 Å². The van der Waals surface area contributed by atoms with Gasteiger partial charge in [-0.25, -0.2) is 0 Å². The number of para-hydroxylation sites is 1. The van der Waals surface area contributed by atoms with E-state index in [2.05, 4.69) is 10.00 Å². The topological polar surface area (TPSA) is 38.1 Å². The fourth-order valence-electron chi connectivity index (χ4n) is 4.08. The van der Waals surface area contributed by atoms with Crippen molar-refractivity contribution >= 4 is 17.3 Å². The molecule has 4 rings (SSSR count). The molecule has 0 bridgehead atoms. The van der Waals surface area contributed by atoms with E-state index >= 15 is 0 Å². The van der Waals surface area contributed by atoms with E-state index in [0.29, 0.717) is 6.04 Å². The van der Waals surface area contributed by atoms with E-state index in [1.54, 1.807) is 6.20 Å². The van der Waals surface area contributed by atoms with Crippen LogP contribution in [0.3, 0.4) is 0 Å². The van der Waals surface area contributed by atoms with Gasteiger partial charge in [0.2, 0.25) is 0 Å². The molecule has 1 saturated carbocycles. The van der Waals surface area contributed by atoms with E-state index < -0.39 is 0 Å². The second-order valence-electron chi connectivity index (χ2n) is 6.49. The van der Waals surface area contributed by atoms with Crippen molar-refractivity contribution in [2.24, 2.45) is 5.92 Å². The minimum atomic E-state index is -0.241. The van der Waals surface area contributed by atoms with Crippen molar-refractivity contribution in [2.45, 2.75) is 38.1 Å². The second-order valence-corrected chi connectivity index (χ2v) is 6.87. The van der Waals surface area contributed by atoms with Crippen LogP contribution in [0.2, 0.25) is 5.02 Å². The van der Waals surface area contributed by atoms with Gasteiger partial charge in [-0.3, -0.25) is 4.79 Å². The summed E-state index contributed by atoms with van der Waals surface area (Å²) in [6, 6.07) is 9.93. The quantitative estimate of drug-likeness (QED) is 0.844. The Kier molecular flexibility index (Phi) is 3.85. The van der Waals surface area contributed by atoms with Crippen LogP contribution in [0.4, 0.5) is 5.69 Å². The molecule has 2 heterocycles. The van der Waals surface area contributed by atoms with Crippen molar-refractivity contribution in [1.29, 1.82) is 0 Å². The monoisotopic (exact) mass is 329 g/mol. The molecule has 0 N–H and O–H groups in total. The molecule has 1 aromatic carbocycles. The fraction of sp³-hybridized carbons (Fsp3) is 0.444. The molecule has 23 heavy (non-hydrogen) atoms. The lowest BCUT2D eigenvalue weighted by Crippen LogP contribution is -2.36. The molecule has 2 aromatic rings. The Balaban J connectivity index is 1.71. The summed E-state index contributed by atoms with van der Waals surface area (Å²) in [5.74, 6) is 0.747. The highest BCUT2D eigenvalue weighted by Gasteiger charge is 2.37. The Morgan fingerprint density at radius 3 is 2.70 bits per heavy atom. The minimum Gasteiger partial charge on any atom is -0.366 e. The van der Waals surface area contributed by atoms with Crippen molar-refractivity contribution in [3.63, 3.8) is 0 Å². The zero-order valence-corrected chi connectivity index (χ0v) is 13.7. The molecule has 2 fully saturated rings. The molecule has 2 aliphatic rings. The first-order chi connectivity index (χ1) is 11.3. The summed E-state index contributed by atoms with van der Waals surface area (Å²) >= 11 is 6.44. The van der Waals surface area contributed by atoms with Gasteiger partial charge in [-0.05, 0) is 37.3 Å². The number of rotatable bonds is 2. The minimum absolute atomic E-state index is 0.241. The molecular formula is C18H20ClN3O. The van der Waals surface area contributed by atoms with E-state index in [4.69, 9.17) is 11.6 Å². The van der Waals surface area contributed by atoms with Crippen LogP contribution in [0.25, 0.3) is 5.69 Å². The number of fused-ring (bicyclic) bond motifs is 1. The number of anilines is 1. The highest BCUT2D eigenvalue weighted by molar-refractivity contribution is 6.33. The molecule has 4 nitrogen and oxygen atoms in total. The molecule has 1 saturated heterocycles. The SMILES string of the molecule is O=c1c(Cl)c(N2CCC3CCCCC32)cnn1-c1ccccc1. The Labute approximate surface area is 140 Å². The number of halogens is 1. The summed E-state index contributed by atoms with van der Waals surface area (Å²) in [6.07, 6.45) is 8.05. The van der Waals surface area contributed by atoms with Crippen LogP contribution in [-0.4, -0.2) is 22.4 Å². The Morgan fingerprint density at radius 2 is 1.87 bits per heavy atom. The van der Waals surface area contributed by atoms with Crippen LogP contribution in [0.1, 0.15) is 32.1 Å². The molecule has 120 valence electrons. The first-order valence-corrected chi connectivity index (χ1v) is 8.73. The van der Waals surface area contributed by atoms with Crippen molar-refractivity contribution in [3.05, 3.63) is 51.9 Å². The molecule has 5 heteroatoms. The van der Waals surface area contributed by atoms with Crippen LogP contribution in [0.15, 0.2) is 41.3 Å². The second kappa shape index (κ2) is 6.00. The van der Waals surface area contributed by atoms with Gasteiger partial charge in [0.15, 0.2) is 0 Å². The molecule has 1 aliphatic heterocycles. The third-order valence-corrected chi connectivity index (χ3v) is 5.58. The summed E-state index contributed by atoms with van der Waals surface area (Å²) in [5, 5.41) is 4.66. The van der Waals surface area contributed by atoms with E-state index in [9.17, 15) is 4.79 Å². The average molecular weight is 330 g/mol. The van der Waals surface area contributed by atoms with Crippen molar-refractivity contribution < 1.29 is 0 Å². The summed E-state index contributed by atoms with van der Waals surface area (Å²) in [7, 11) is 0. The maximum atomic E-state index is 12.6. The van der Waals surface area contributed by atoms with Gasteiger partial charge in [0.05, 0.1) is 17.6 Å². The third-order valence-electron chi connectivity index (χ3n) is 5.22. The van der Waals surface area contributed by atoms with Crippen LogP contribution >= 0.6 is 11.6 Å². The highest BCUT2D eigenvalue weighted by atomic mass is 35.5. The summed E-state index contributed by atoms with van der Waals surface area (Å²) in [6.45, 7) is 0.978. The van der Waals surface area contributed by atoms with E-state index in [0.717, 1.165) is 23.8 Å². The molecule has 0 radical (unpaired) electrons. The summed E-state index contributed by atoms with van der Waals surface area (Å²) < 4.78 is 1.38. The van der Waals surface area contributed by atoms with Crippen LogP contribution < -0.4 is 10.5 Å². The number of nitrogens with zero attached hydrogens (tertiary/aromatic N) is 3. The predicted molar refractivity (Wildman–Crippen MR) is 92.6 cm³/mol. The Hall–Kier alpha value is -1.81. The zero-order chi connectivity index (χ0) is 15.8. The Morgan fingerprint density at radius 1 is 1.09 bits per heavy atom. The van der Waals surface area contributed by atoms with Crippen LogP contribution in [-0.2, 0) is 0 Å². The van der Waals surface area contributed by atoms with Crippen molar-refractivity contribution in [3.8, 4) is 5.69 Å². The third kappa shape index (κ3) is 2.55. The van der Waals surface area contributed by atoms with E-state index in [-0.39, 0.29) is 10.6 Å². The van der Waals surface area contributed by atoms with Gasteiger partial charge in [0, 0.05) is 12.6 Å². The molecule has 0 amide bonds. The lowest BCUT2D eigenvalue weighted by atomic mass is 9.85. The standard InChI is InChI=1S/C18H20ClN3O/c19-17-16(21-11-10-13-6-4-5-9-15(13)21)12-20-22(18(17)23)14-7-2-1-3-8-14/h1-3,7-8,12-13,15H,4-6,9-11H2. The van der Waals surface area contributed by atoms with Gasteiger partial charge in [-0.1, -0.05) is 42.6 Å². The maximum Gasteiger partial charge on any atom is 0.292 e. The van der Waals surface area contributed by atoms with Gasteiger partial charge in [0.1, 0.15) is 5.02 Å². The van der Waals surface area contributed by atoms with Gasteiger partial charge < -0.3 is 4.90 Å². The predicted octanol–water partition coefficient (Wildman–Crippen LogP) is 3.65.